The highest BCUT2D eigenvalue weighted by Gasteiger charge is 2.40. The van der Waals surface area contributed by atoms with Crippen LogP contribution in [-0.4, -0.2) is 42.9 Å². The molecule has 42 heavy (non-hydrogen) atoms. The molecule has 216 valence electrons. The van der Waals surface area contributed by atoms with E-state index in [-0.39, 0.29) is 44.9 Å². The summed E-state index contributed by atoms with van der Waals surface area (Å²) in [7, 11) is 2.66. The molecule has 1 aliphatic heterocycles. The first-order valence-electron chi connectivity index (χ1n) is 12.5. The number of alkyl halides is 3. The predicted molar refractivity (Wildman–Crippen MR) is 143 cm³/mol. The smallest absolute Gasteiger partial charge is 0.450 e. The van der Waals surface area contributed by atoms with Gasteiger partial charge in [-0.3, -0.25) is 19.3 Å². The first-order valence-corrected chi connectivity index (χ1v) is 12.5. The number of rotatable bonds is 6. The Morgan fingerprint density at radius 1 is 0.857 bits per heavy atom. The molecule has 0 saturated carbocycles. The molecule has 0 saturated heterocycles. The number of halogens is 3. The zero-order chi connectivity index (χ0) is 30.5. The number of amides is 2. The Labute approximate surface area is 236 Å². The monoisotopic (exact) mass is 581 g/mol. The number of benzene rings is 3. The Hall–Kier alpha value is -5.13. The summed E-state index contributed by atoms with van der Waals surface area (Å²) >= 11 is 0. The van der Waals surface area contributed by atoms with Gasteiger partial charge in [0.1, 0.15) is 11.3 Å². The minimum atomic E-state index is -5.05. The minimum absolute atomic E-state index is 0.0326. The van der Waals surface area contributed by atoms with Gasteiger partial charge in [0.05, 0.1) is 41.9 Å². The van der Waals surface area contributed by atoms with Crippen LogP contribution in [-0.2, 0) is 6.18 Å². The van der Waals surface area contributed by atoms with Crippen molar-refractivity contribution in [1.29, 1.82) is 0 Å². The lowest BCUT2D eigenvalue weighted by Crippen LogP contribution is -2.35. The molecular formula is C30H22F3NO8. The van der Waals surface area contributed by atoms with Crippen molar-refractivity contribution in [3.8, 4) is 28.4 Å². The van der Waals surface area contributed by atoms with Crippen molar-refractivity contribution in [2.45, 2.75) is 26.1 Å². The highest BCUT2D eigenvalue weighted by Crippen LogP contribution is 2.40. The molecule has 0 radical (unpaired) electrons. The molecule has 2 heterocycles. The molecule has 2 amide bonds. The number of hydrogen-bond donors (Lipinski definition) is 0. The van der Waals surface area contributed by atoms with Gasteiger partial charge in [-0.2, -0.15) is 13.2 Å². The summed E-state index contributed by atoms with van der Waals surface area (Å²) < 4.78 is 63.2. The molecule has 1 aromatic heterocycles. The number of carbonyl (C=O) groups is 3. The molecule has 0 bridgehead atoms. The van der Waals surface area contributed by atoms with E-state index in [0.29, 0.717) is 0 Å². The third-order valence-electron chi connectivity index (χ3n) is 6.67. The lowest BCUT2D eigenvalue weighted by molar-refractivity contribution is -0.152. The quantitative estimate of drug-likeness (QED) is 0.162. The maximum absolute atomic E-state index is 14.1. The first-order chi connectivity index (χ1) is 19.8. The van der Waals surface area contributed by atoms with Crippen LogP contribution in [0.1, 0.15) is 50.7 Å². The summed E-state index contributed by atoms with van der Waals surface area (Å²) in [6.07, 6.45) is -5.05. The van der Waals surface area contributed by atoms with E-state index in [2.05, 4.69) is 0 Å². The van der Waals surface area contributed by atoms with Crippen LogP contribution in [0.3, 0.4) is 0 Å². The number of hydrogen-bond acceptors (Lipinski definition) is 8. The van der Waals surface area contributed by atoms with Crippen LogP contribution in [0, 0.1) is 0 Å². The van der Waals surface area contributed by atoms with Gasteiger partial charge in [-0.1, -0.05) is 6.07 Å². The van der Waals surface area contributed by atoms with Crippen molar-refractivity contribution < 1.29 is 46.2 Å². The largest absolute Gasteiger partial charge is 0.493 e. The second-order valence-corrected chi connectivity index (χ2v) is 9.58. The van der Waals surface area contributed by atoms with Crippen molar-refractivity contribution in [1.82, 2.24) is 4.90 Å². The number of carbonyl (C=O) groups excluding carboxylic acids is 3. The zero-order valence-corrected chi connectivity index (χ0v) is 22.6. The summed E-state index contributed by atoms with van der Waals surface area (Å²) in [4.78, 5) is 52.5. The zero-order valence-electron chi connectivity index (χ0n) is 22.6. The van der Waals surface area contributed by atoms with Gasteiger partial charge in [-0.05, 0) is 61.9 Å². The normalized spacial score (nSPS) is 13.1. The molecule has 0 fully saturated rings. The van der Waals surface area contributed by atoms with Gasteiger partial charge in [0, 0.05) is 12.1 Å². The van der Waals surface area contributed by atoms with Crippen LogP contribution in [0.25, 0.3) is 22.1 Å². The number of ether oxygens (including phenoxy) is 3. The van der Waals surface area contributed by atoms with E-state index in [1.165, 1.54) is 62.8 Å². The SMILES string of the molecule is COc1ccc(-c2c(C(F)(F)F)oc3cc(OC(=O)c4ccc5c(c4)C(=O)N(C(C)C)C5=O)ccc3c2=O)cc1OC. The Bertz CT molecular complexity index is 1840. The first kappa shape index (κ1) is 28.4. The lowest BCUT2D eigenvalue weighted by Gasteiger charge is -2.17. The third kappa shape index (κ3) is 4.74. The van der Waals surface area contributed by atoms with E-state index in [0.717, 1.165) is 11.0 Å². The van der Waals surface area contributed by atoms with Crippen molar-refractivity contribution >= 4 is 28.8 Å². The van der Waals surface area contributed by atoms with Crippen LogP contribution in [0.4, 0.5) is 13.2 Å². The van der Waals surface area contributed by atoms with Gasteiger partial charge in [0.2, 0.25) is 11.2 Å². The molecule has 0 N–H and O–H groups in total. The number of nitrogens with zero attached hydrogens (tertiary/aromatic N) is 1. The van der Waals surface area contributed by atoms with Gasteiger partial charge < -0.3 is 18.6 Å². The molecule has 3 aromatic carbocycles. The molecule has 1 aliphatic rings. The highest BCUT2D eigenvalue weighted by atomic mass is 19.4. The van der Waals surface area contributed by atoms with E-state index >= 15 is 0 Å². The second-order valence-electron chi connectivity index (χ2n) is 9.58. The maximum Gasteiger partial charge on any atom is 0.450 e. The Kier molecular flexibility index (Phi) is 7.01. The van der Waals surface area contributed by atoms with Crippen LogP contribution < -0.4 is 19.6 Å². The van der Waals surface area contributed by atoms with Crippen molar-refractivity contribution in [3.63, 3.8) is 0 Å². The molecule has 4 aromatic rings. The Morgan fingerprint density at radius 2 is 1.55 bits per heavy atom. The highest BCUT2D eigenvalue weighted by molar-refractivity contribution is 6.22. The van der Waals surface area contributed by atoms with E-state index in [1.54, 1.807) is 13.8 Å². The lowest BCUT2D eigenvalue weighted by atomic mass is 10.0. The van der Waals surface area contributed by atoms with E-state index in [1.807, 2.05) is 0 Å². The van der Waals surface area contributed by atoms with Crippen molar-refractivity contribution in [2.24, 2.45) is 0 Å². The minimum Gasteiger partial charge on any atom is -0.493 e. The number of esters is 1. The van der Waals surface area contributed by atoms with Crippen LogP contribution >= 0.6 is 0 Å². The third-order valence-corrected chi connectivity index (χ3v) is 6.67. The van der Waals surface area contributed by atoms with Crippen LogP contribution in [0.2, 0.25) is 0 Å². The fourth-order valence-electron chi connectivity index (χ4n) is 4.71. The summed E-state index contributed by atoms with van der Waals surface area (Å²) in [5.74, 6) is -3.38. The summed E-state index contributed by atoms with van der Waals surface area (Å²) in [5, 5.41) is -0.192. The van der Waals surface area contributed by atoms with Gasteiger partial charge in [-0.15, -0.1) is 0 Å². The topological polar surface area (TPSA) is 112 Å². The molecular weight excluding hydrogens is 559 g/mol. The summed E-state index contributed by atoms with van der Waals surface area (Å²) in [6.45, 7) is 3.35. The second kappa shape index (κ2) is 10.4. The molecule has 12 heteroatoms. The van der Waals surface area contributed by atoms with E-state index in [4.69, 9.17) is 18.6 Å². The van der Waals surface area contributed by atoms with Gasteiger partial charge in [0.15, 0.2) is 11.5 Å². The maximum atomic E-state index is 14.1. The van der Waals surface area contributed by atoms with Crippen LogP contribution in [0.15, 0.2) is 63.8 Å². The van der Waals surface area contributed by atoms with Gasteiger partial charge >= 0.3 is 12.1 Å². The fraction of sp³-hybridized carbons (Fsp3) is 0.200. The Balaban J connectivity index is 1.53. The molecule has 0 unspecified atom stereocenters. The standard InChI is InChI=1S/C30H22F3NO8/c1-14(2)34-27(36)18-8-5-16(11-20(18)28(34)37)29(38)41-17-7-9-19-22(13-17)42-26(30(31,32)33)24(25(19)35)15-6-10-21(39-3)23(12-15)40-4/h5-14H,1-4H3. The molecule has 0 atom stereocenters. The van der Waals surface area contributed by atoms with Crippen molar-refractivity contribution in [3.05, 3.63) is 87.3 Å². The number of methoxy groups -OCH3 is 2. The van der Waals surface area contributed by atoms with Crippen molar-refractivity contribution in [2.75, 3.05) is 14.2 Å². The summed E-state index contributed by atoms with van der Waals surface area (Å²) in [6, 6.07) is 10.7. The number of imide groups is 1. The average molecular weight is 581 g/mol. The van der Waals surface area contributed by atoms with Gasteiger partial charge in [0.25, 0.3) is 11.8 Å². The van der Waals surface area contributed by atoms with Gasteiger partial charge in [-0.25, -0.2) is 4.79 Å². The predicted octanol–water partition coefficient (Wildman–Crippen LogP) is 5.72. The van der Waals surface area contributed by atoms with E-state index < -0.39 is 52.3 Å². The molecule has 0 spiro atoms. The molecule has 0 aliphatic carbocycles. The average Bonchev–Trinajstić information content (AvgIpc) is 3.20. The Morgan fingerprint density at radius 3 is 2.19 bits per heavy atom. The van der Waals surface area contributed by atoms with E-state index in [9.17, 15) is 32.3 Å². The summed E-state index contributed by atoms with van der Waals surface area (Å²) in [5.41, 5.74) is -2.16. The number of fused-ring (bicyclic) bond motifs is 2. The molecule has 5 rings (SSSR count). The molecule has 9 nitrogen and oxygen atoms in total. The fourth-order valence-corrected chi connectivity index (χ4v) is 4.71. The van der Waals surface area contributed by atoms with Crippen LogP contribution in [0.5, 0.6) is 17.2 Å².